The molecule has 4 aromatic rings. The lowest BCUT2D eigenvalue weighted by atomic mass is 10.2. The van der Waals surface area contributed by atoms with Crippen molar-refractivity contribution < 1.29 is 9.21 Å². The van der Waals surface area contributed by atoms with E-state index < -0.39 is 0 Å². The number of hydrogen-bond donors (Lipinski definition) is 2. The summed E-state index contributed by atoms with van der Waals surface area (Å²) in [5.41, 5.74) is 3.10. The zero-order chi connectivity index (χ0) is 20.8. The van der Waals surface area contributed by atoms with Crippen LogP contribution in [-0.2, 0) is 6.42 Å². The van der Waals surface area contributed by atoms with Crippen molar-refractivity contribution in [3.63, 3.8) is 0 Å². The van der Waals surface area contributed by atoms with Gasteiger partial charge in [0, 0.05) is 24.2 Å². The van der Waals surface area contributed by atoms with Crippen LogP contribution >= 0.6 is 11.8 Å². The molecule has 2 N–H and O–H groups in total. The number of carbonyl (C=O) groups excluding carboxylic acids is 1. The van der Waals surface area contributed by atoms with E-state index in [0.717, 1.165) is 16.9 Å². The van der Waals surface area contributed by atoms with E-state index in [1.807, 2.05) is 48.7 Å². The van der Waals surface area contributed by atoms with Crippen molar-refractivity contribution in [2.24, 2.45) is 0 Å². The molecular formula is C20H19N7O2S. The molecule has 0 unspecified atom stereocenters. The summed E-state index contributed by atoms with van der Waals surface area (Å²) in [5.74, 6) is 0.569. The Bertz CT molecular complexity index is 1130. The summed E-state index contributed by atoms with van der Waals surface area (Å²) in [7, 11) is 0. The van der Waals surface area contributed by atoms with Crippen LogP contribution in [0.2, 0.25) is 0 Å². The number of hydrogen-bond acceptors (Lipinski definition) is 7. The lowest BCUT2D eigenvalue weighted by Crippen LogP contribution is -2.30. The molecule has 0 radical (unpaired) electrons. The maximum atomic E-state index is 12.2. The van der Waals surface area contributed by atoms with Crippen LogP contribution in [0.3, 0.4) is 0 Å². The van der Waals surface area contributed by atoms with E-state index in [1.54, 1.807) is 23.1 Å². The quantitative estimate of drug-likeness (QED) is 0.440. The van der Waals surface area contributed by atoms with Crippen LogP contribution in [-0.4, -0.2) is 44.0 Å². The predicted molar refractivity (Wildman–Crippen MR) is 114 cm³/mol. The van der Waals surface area contributed by atoms with Crippen LogP contribution < -0.4 is 10.6 Å². The van der Waals surface area contributed by atoms with Crippen molar-refractivity contribution in [1.29, 1.82) is 0 Å². The Morgan fingerprint density at radius 2 is 2.03 bits per heavy atom. The molecule has 9 nitrogen and oxygen atoms in total. The molecule has 0 bridgehead atoms. The van der Waals surface area contributed by atoms with Crippen LogP contribution in [0.25, 0.3) is 17.1 Å². The van der Waals surface area contributed by atoms with E-state index in [2.05, 4.69) is 31.1 Å². The van der Waals surface area contributed by atoms with Gasteiger partial charge < -0.3 is 15.1 Å². The minimum absolute atomic E-state index is 0.305. The zero-order valence-electron chi connectivity index (χ0n) is 16.1. The molecule has 0 saturated carbocycles. The maximum absolute atomic E-state index is 12.2. The first kappa shape index (κ1) is 19.6. The molecule has 10 heteroatoms. The zero-order valence-corrected chi connectivity index (χ0v) is 17.0. The summed E-state index contributed by atoms with van der Waals surface area (Å²) in [4.78, 5) is 16.7. The van der Waals surface area contributed by atoms with E-state index in [1.165, 1.54) is 11.8 Å². The smallest absolute Gasteiger partial charge is 0.319 e. The number of oxazole rings is 1. The Balaban J connectivity index is 1.30. The predicted octanol–water partition coefficient (Wildman–Crippen LogP) is 3.40. The van der Waals surface area contributed by atoms with Crippen LogP contribution in [0.1, 0.15) is 5.69 Å². The van der Waals surface area contributed by atoms with Crippen molar-refractivity contribution in [2.45, 2.75) is 11.6 Å². The molecule has 2 aromatic heterocycles. The molecule has 2 aromatic carbocycles. The Hall–Kier alpha value is -3.66. The van der Waals surface area contributed by atoms with Gasteiger partial charge in [0.05, 0.1) is 11.4 Å². The highest BCUT2D eigenvalue weighted by atomic mass is 32.2. The first-order valence-electron chi connectivity index (χ1n) is 9.20. The molecule has 0 aliphatic carbocycles. The third-order valence-corrected chi connectivity index (χ3v) is 4.83. The maximum Gasteiger partial charge on any atom is 0.319 e. The second kappa shape index (κ2) is 9.23. The van der Waals surface area contributed by atoms with Crippen LogP contribution in [0.4, 0.5) is 10.5 Å². The molecule has 152 valence electrons. The third-order valence-electron chi connectivity index (χ3n) is 4.21. The van der Waals surface area contributed by atoms with Gasteiger partial charge in [-0.05, 0) is 47.0 Å². The molecule has 4 rings (SSSR count). The number of nitrogens with one attached hydrogen (secondary N) is 2. The normalized spacial score (nSPS) is 10.7. The van der Waals surface area contributed by atoms with Crippen LogP contribution in [0, 0.1) is 0 Å². The molecular weight excluding hydrogens is 402 g/mol. The largest absolute Gasteiger partial charge is 0.444 e. The van der Waals surface area contributed by atoms with E-state index >= 15 is 0 Å². The SMILES string of the molecule is CSc1nnnn1-c1cccc(NC(=O)NCCc2coc(-c3ccccc3)n2)c1. The Kier molecular flexibility index (Phi) is 6.04. The Labute approximate surface area is 176 Å². The molecule has 0 fully saturated rings. The fourth-order valence-corrected chi connectivity index (χ4v) is 3.23. The molecule has 0 aliphatic heterocycles. The van der Waals surface area contributed by atoms with Gasteiger partial charge in [0.25, 0.3) is 0 Å². The van der Waals surface area contributed by atoms with Crippen molar-refractivity contribution in [1.82, 2.24) is 30.5 Å². The Morgan fingerprint density at radius 1 is 1.17 bits per heavy atom. The fourth-order valence-electron chi connectivity index (χ4n) is 2.80. The van der Waals surface area contributed by atoms with Gasteiger partial charge in [-0.1, -0.05) is 36.0 Å². The van der Waals surface area contributed by atoms with Gasteiger partial charge in [-0.3, -0.25) is 0 Å². The number of aromatic nitrogens is 5. The highest BCUT2D eigenvalue weighted by molar-refractivity contribution is 7.98. The average Bonchev–Trinajstić information content (AvgIpc) is 3.44. The van der Waals surface area contributed by atoms with Gasteiger partial charge in [0.1, 0.15) is 6.26 Å². The van der Waals surface area contributed by atoms with Crippen molar-refractivity contribution in [2.75, 3.05) is 18.1 Å². The number of amides is 2. The summed E-state index contributed by atoms with van der Waals surface area (Å²) < 4.78 is 7.13. The molecule has 2 amide bonds. The number of carbonyl (C=O) groups is 1. The van der Waals surface area contributed by atoms with Gasteiger partial charge in [-0.25, -0.2) is 9.78 Å². The highest BCUT2D eigenvalue weighted by Gasteiger charge is 2.09. The molecule has 0 spiro atoms. The van der Waals surface area contributed by atoms with Crippen LogP contribution in [0.15, 0.2) is 70.4 Å². The summed E-state index contributed by atoms with van der Waals surface area (Å²) >= 11 is 1.44. The van der Waals surface area contributed by atoms with E-state index in [4.69, 9.17) is 4.42 Å². The summed E-state index contributed by atoms with van der Waals surface area (Å²) in [6.07, 6.45) is 4.07. The Morgan fingerprint density at radius 3 is 2.87 bits per heavy atom. The van der Waals surface area contributed by atoms with E-state index in [-0.39, 0.29) is 6.03 Å². The second-order valence-electron chi connectivity index (χ2n) is 6.27. The number of benzene rings is 2. The summed E-state index contributed by atoms with van der Waals surface area (Å²) in [5, 5.41) is 17.9. The number of urea groups is 1. The lowest BCUT2D eigenvalue weighted by molar-refractivity contribution is 0.252. The third kappa shape index (κ3) is 4.66. The van der Waals surface area contributed by atoms with Crippen LogP contribution in [0.5, 0.6) is 0 Å². The van der Waals surface area contributed by atoms with Gasteiger partial charge in [0.2, 0.25) is 11.0 Å². The molecule has 0 saturated heterocycles. The van der Waals surface area contributed by atoms with Gasteiger partial charge in [-0.2, -0.15) is 4.68 Å². The van der Waals surface area contributed by atoms with Gasteiger partial charge in [-0.15, -0.1) is 5.10 Å². The topological polar surface area (TPSA) is 111 Å². The van der Waals surface area contributed by atoms with Gasteiger partial charge >= 0.3 is 6.03 Å². The number of tetrazole rings is 1. The highest BCUT2D eigenvalue weighted by Crippen LogP contribution is 2.19. The van der Waals surface area contributed by atoms with Crippen molar-refractivity contribution >= 4 is 23.5 Å². The van der Waals surface area contributed by atoms with Crippen molar-refractivity contribution in [3.05, 3.63) is 66.6 Å². The fraction of sp³-hybridized carbons (Fsp3) is 0.150. The monoisotopic (exact) mass is 421 g/mol. The minimum atomic E-state index is -0.305. The number of anilines is 1. The molecule has 30 heavy (non-hydrogen) atoms. The number of rotatable bonds is 7. The number of nitrogens with zero attached hydrogens (tertiary/aromatic N) is 5. The summed E-state index contributed by atoms with van der Waals surface area (Å²) in [6.45, 7) is 0.426. The average molecular weight is 421 g/mol. The molecule has 2 heterocycles. The molecule has 0 atom stereocenters. The lowest BCUT2D eigenvalue weighted by Gasteiger charge is -2.09. The summed E-state index contributed by atoms with van der Waals surface area (Å²) in [6, 6.07) is 16.7. The van der Waals surface area contributed by atoms with E-state index in [0.29, 0.717) is 29.7 Å². The first-order valence-corrected chi connectivity index (χ1v) is 10.4. The number of thioether (sulfide) groups is 1. The first-order chi connectivity index (χ1) is 14.7. The molecule has 0 aliphatic rings. The van der Waals surface area contributed by atoms with E-state index in [9.17, 15) is 4.79 Å². The second-order valence-corrected chi connectivity index (χ2v) is 7.04. The van der Waals surface area contributed by atoms with Gasteiger partial charge in [0.15, 0.2) is 0 Å². The standard InChI is InChI=1S/C20H19N7O2S/c1-30-20-24-25-26-27(20)17-9-5-8-15(12-17)23-19(28)21-11-10-16-13-29-18(22-16)14-6-3-2-4-7-14/h2-9,12-13H,10-11H2,1H3,(H2,21,23,28). The minimum Gasteiger partial charge on any atom is -0.444 e. The van der Waals surface area contributed by atoms with Crippen molar-refractivity contribution in [3.8, 4) is 17.1 Å².